The van der Waals surface area contributed by atoms with Crippen LogP contribution in [-0.4, -0.2) is 61.4 Å². The number of carbonyl (C=O) groups excluding carboxylic acids is 1. The maximum atomic E-state index is 12.8. The number of unbranched alkanes of at least 4 members (excludes halogenated alkanes) is 1. The maximum Gasteiger partial charge on any atom is 0.340 e. The van der Waals surface area contributed by atoms with Crippen LogP contribution in [0.4, 0.5) is 0 Å². The topological polar surface area (TPSA) is 55.7 Å². The maximum absolute atomic E-state index is 12.8. The van der Waals surface area contributed by atoms with Gasteiger partial charge < -0.3 is 24.3 Å². The highest BCUT2D eigenvalue weighted by Gasteiger charge is 2.21. The summed E-state index contributed by atoms with van der Waals surface area (Å²) in [6, 6.07) is 16.4. The van der Waals surface area contributed by atoms with Crippen LogP contribution in [0.25, 0.3) is 10.9 Å². The first-order valence-corrected chi connectivity index (χ1v) is 12.1. The van der Waals surface area contributed by atoms with E-state index in [0.717, 1.165) is 67.9 Å². The van der Waals surface area contributed by atoms with Crippen molar-refractivity contribution in [2.75, 3.05) is 45.9 Å². The second-order valence-electron chi connectivity index (χ2n) is 8.58. The van der Waals surface area contributed by atoms with E-state index in [1.807, 2.05) is 44.2 Å². The van der Waals surface area contributed by atoms with E-state index in [4.69, 9.17) is 9.47 Å². The van der Waals surface area contributed by atoms with Crippen LogP contribution >= 0.6 is 0 Å². The van der Waals surface area contributed by atoms with Gasteiger partial charge in [-0.15, -0.1) is 0 Å². The van der Waals surface area contributed by atoms with Crippen molar-refractivity contribution in [3.63, 3.8) is 0 Å². The first kappa shape index (κ1) is 23.3. The number of rotatable bonds is 10. The lowest BCUT2D eigenvalue weighted by Gasteiger charge is -2.26. The molecule has 3 aromatic rings. The number of piperazine rings is 1. The summed E-state index contributed by atoms with van der Waals surface area (Å²) in [7, 11) is 0. The molecule has 1 N–H and O–H groups in total. The summed E-state index contributed by atoms with van der Waals surface area (Å²) in [4.78, 5) is 15.3. The molecule has 2 heterocycles. The summed E-state index contributed by atoms with van der Waals surface area (Å²) in [5.74, 6) is 0.520. The van der Waals surface area contributed by atoms with Crippen molar-refractivity contribution >= 4 is 16.9 Å². The molecule has 0 aliphatic carbocycles. The average Bonchev–Trinajstić information content (AvgIpc) is 3.11. The summed E-state index contributed by atoms with van der Waals surface area (Å²) in [5, 5.41) is 4.28. The van der Waals surface area contributed by atoms with Crippen molar-refractivity contribution in [2.24, 2.45) is 0 Å². The molecular formula is C27H35N3O3. The van der Waals surface area contributed by atoms with Gasteiger partial charge in [-0.25, -0.2) is 4.79 Å². The highest BCUT2D eigenvalue weighted by atomic mass is 16.5. The van der Waals surface area contributed by atoms with E-state index in [1.54, 1.807) is 0 Å². The lowest BCUT2D eigenvalue weighted by atomic mass is 10.1. The predicted molar refractivity (Wildman–Crippen MR) is 132 cm³/mol. The number of hydrogen-bond acceptors (Lipinski definition) is 5. The molecule has 1 aliphatic heterocycles. The van der Waals surface area contributed by atoms with Gasteiger partial charge in [0, 0.05) is 49.3 Å². The largest absolute Gasteiger partial charge is 0.494 e. The SMILES string of the molecule is CCOC(=O)c1c(C)n(Cc2ccccc2)c2ccc(OCCCCN3CCNCC3)cc12. The predicted octanol–water partition coefficient (Wildman–Crippen LogP) is 4.24. The van der Waals surface area contributed by atoms with Crippen molar-refractivity contribution in [1.82, 2.24) is 14.8 Å². The molecule has 0 amide bonds. The molecule has 0 unspecified atom stereocenters. The Labute approximate surface area is 196 Å². The summed E-state index contributed by atoms with van der Waals surface area (Å²) in [6.07, 6.45) is 2.14. The Hall–Kier alpha value is -2.83. The van der Waals surface area contributed by atoms with E-state index in [-0.39, 0.29) is 5.97 Å². The fourth-order valence-corrected chi connectivity index (χ4v) is 4.54. The minimum atomic E-state index is -0.278. The van der Waals surface area contributed by atoms with Crippen molar-refractivity contribution in [1.29, 1.82) is 0 Å². The number of hydrogen-bond donors (Lipinski definition) is 1. The standard InChI is InChI=1S/C27H35N3O3/c1-3-32-27(31)26-21(2)30(20-22-9-5-4-6-10-22)25-12-11-23(19-24(25)26)33-18-8-7-15-29-16-13-28-14-17-29/h4-6,9-12,19,28H,3,7-8,13-18,20H2,1-2H3. The third kappa shape index (κ3) is 5.75. The Morgan fingerprint density at radius 2 is 1.85 bits per heavy atom. The van der Waals surface area contributed by atoms with E-state index in [0.29, 0.717) is 25.3 Å². The Morgan fingerprint density at radius 1 is 1.06 bits per heavy atom. The fraction of sp³-hybridized carbons (Fsp3) is 0.444. The quantitative estimate of drug-likeness (QED) is 0.371. The molecular weight excluding hydrogens is 414 g/mol. The zero-order valence-electron chi connectivity index (χ0n) is 19.8. The van der Waals surface area contributed by atoms with Gasteiger partial charge in [0.25, 0.3) is 0 Å². The van der Waals surface area contributed by atoms with Crippen molar-refractivity contribution < 1.29 is 14.3 Å². The monoisotopic (exact) mass is 449 g/mol. The zero-order chi connectivity index (χ0) is 23.0. The first-order chi connectivity index (χ1) is 16.2. The van der Waals surface area contributed by atoms with Crippen LogP contribution in [0.3, 0.4) is 0 Å². The molecule has 0 saturated carbocycles. The number of aromatic nitrogens is 1. The van der Waals surface area contributed by atoms with Crippen LogP contribution < -0.4 is 10.1 Å². The molecule has 4 rings (SSSR count). The van der Waals surface area contributed by atoms with Crippen LogP contribution in [0.15, 0.2) is 48.5 Å². The van der Waals surface area contributed by atoms with E-state index in [1.165, 1.54) is 5.56 Å². The van der Waals surface area contributed by atoms with Crippen LogP contribution in [0.1, 0.15) is 41.4 Å². The van der Waals surface area contributed by atoms with Gasteiger partial charge in [0.1, 0.15) is 5.75 Å². The second kappa shape index (κ2) is 11.3. The number of nitrogens with zero attached hydrogens (tertiary/aromatic N) is 2. The first-order valence-electron chi connectivity index (χ1n) is 12.1. The van der Waals surface area contributed by atoms with Crippen LogP contribution in [0, 0.1) is 6.92 Å². The highest BCUT2D eigenvalue weighted by Crippen LogP contribution is 2.31. The third-order valence-electron chi connectivity index (χ3n) is 6.30. The molecule has 6 nitrogen and oxygen atoms in total. The molecule has 176 valence electrons. The van der Waals surface area contributed by atoms with Gasteiger partial charge in [-0.05, 0) is 57.0 Å². The number of ether oxygens (including phenoxy) is 2. The van der Waals surface area contributed by atoms with E-state index in [9.17, 15) is 4.79 Å². The lowest BCUT2D eigenvalue weighted by molar-refractivity contribution is 0.0527. The summed E-state index contributed by atoms with van der Waals surface area (Å²) in [6.45, 7) is 11.1. The van der Waals surface area contributed by atoms with Crippen LogP contribution in [0.2, 0.25) is 0 Å². The minimum absolute atomic E-state index is 0.278. The second-order valence-corrected chi connectivity index (χ2v) is 8.58. The molecule has 0 radical (unpaired) electrons. The smallest absolute Gasteiger partial charge is 0.340 e. The van der Waals surface area contributed by atoms with Crippen LogP contribution in [-0.2, 0) is 11.3 Å². The molecule has 1 aliphatic rings. The van der Waals surface area contributed by atoms with E-state index < -0.39 is 0 Å². The van der Waals surface area contributed by atoms with Gasteiger partial charge in [0.15, 0.2) is 0 Å². The molecule has 2 aromatic carbocycles. The number of nitrogens with one attached hydrogen (secondary N) is 1. The molecule has 0 spiro atoms. The van der Waals surface area contributed by atoms with E-state index >= 15 is 0 Å². The van der Waals surface area contributed by atoms with Gasteiger partial charge in [-0.3, -0.25) is 0 Å². The molecule has 0 atom stereocenters. The Morgan fingerprint density at radius 3 is 2.61 bits per heavy atom. The van der Waals surface area contributed by atoms with Gasteiger partial charge in [0.05, 0.1) is 18.8 Å². The van der Waals surface area contributed by atoms with Gasteiger partial charge in [-0.2, -0.15) is 0 Å². The zero-order valence-corrected chi connectivity index (χ0v) is 19.8. The molecule has 0 bridgehead atoms. The lowest BCUT2D eigenvalue weighted by Crippen LogP contribution is -2.43. The molecule has 1 saturated heterocycles. The minimum Gasteiger partial charge on any atom is -0.494 e. The van der Waals surface area contributed by atoms with E-state index in [2.05, 4.69) is 33.0 Å². The third-order valence-corrected chi connectivity index (χ3v) is 6.30. The summed E-state index contributed by atoms with van der Waals surface area (Å²) >= 11 is 0. The number of fused-ring (bicyclic) bond motifs is 1. The van der Waals surface area contributed by atoms with Crippen LogP contribution in [0.5, 0.6) is 5.75 Å². The van der Waals surface area contributed by atoms with Gasteiger partial charge in [-0.1, -0.05) is 30.3 Å². The van der Waals surface area contributed by atoms with Gasteiger partial charge >= 0.3 is 5.97 Å². The fourth-order valence-electron chi connectivity index (χ4n) is 4.54. The average molecular weight is 450 g/mol. The molecule has 1 fully saturated rings. The summed E-state index contributed by atoms with van der Waals surface area (Å²) in [5.41, 5.74) is 3.76. The Bertz CT molecular complexity index is 1060. The molecule has 6 heteroatoms. The Kier molecular flexibility index (Phi) is 8.02. The van der Waals surface area contributed by atoms with Crippen molar-refractivity contribution in [2.45, 2.75) is 33.2 Å². The number of esters is 1. The number of carbonyl (C=O) groups is 1. The van der Waals surface area contributed by atoms with Crippen molar-refractivity contribution in [3.05, 3.63) is 65.4 Å². The van der Waals surface area contributed by atoms with Crippen molar-refractivity contribution in [3.8, 4) is 5.75 Å². The molecule has 1 aromatic heterocycles. The number of benzene rings is 2. The normalized spacial score (nSPS) is 14.5. The Balaban J connectivity index is 1.48. The highest BCUT2D eigenvalue weighted by molar-refractivity contribution is 6.06. The summed E-state index contributed by atoms with van der Waals surface area (Å²) < 4.78 is 13.7. The molecule has 33 heavy (non-hydrogen) atoms. The van der Waals surface area contributed by atoms with Gasteiger partial charge in [0.2, 0.25) is 0 Å².